The molecule has 0 aliphatic rings. The molecule has 2 atom stereocenters. The van der Waals surface area contributed by atoms with Crippen molar-refractivity contribution in [2.45, 2.75) is 111 Å². The lowest BCUT2D eigenvalue weighted by atomic mass is 9.93. The third-order valence-corrected chi connectivity index (χ3v) is 4.61. The normalized spacial score (nSPS) is 14.4. The summed E-state index contributed by atoms with van der Waals surface area (Å²) < 4.78 is 0. The smallest absolute Gasteiger partial charge is 0.00925 e. The van der Waals surface area contributed by atoms with E-state index in [1.807, 2.05) is 0 Å². The van der Waals surface area contributed by atoms with E-state index < -0.39 is 0 Å². The van der Waals surface area contributed by atoms with Crippen LogP contribution in [0, 0.1) is 5.92 Å². The van der Waals surface area contributed by atoms with Gasteiger partial charge in [-0.3, -0.25) is 0 Å². The molecule has 0 aromatic carbocycles. The van der Waals surface area contributed by atoms with Gasteiger partial charge in [0, 0.05) is 6.04 Å². The van der Waals surface area contributed by atoms with Crippen molar-refractivity contribution in [3.8, 4) is 0 Å². The number of hydrogen-bond acceptors (Lipinski definition) is 1. The predicted molar refractivity (Wildman–Crippen MR) is 93.4 cm³/mol. The fraction of sp³-hybridized carbons (Fsp3) is 1.00. The molecule has 0 amide bonds. The van der Waals surface area contributed by atoms with Crippen LogP contribution in [0.4, 0.5) is 0 Å². The van der Waals surface area contributed by atoms with Crippen molar-refractivity contribution in [1.82, 2.24) is 5.32 Å². The van der Waals surface area contributed by atoms with Crippen molar-refractivity contribution in [3.63, 3.8) is 0 Å². The fourth-order valence-electron chi connectivity index (χ4n) is 2.88. The first-order chi connectivity index (χ1) is 9.76. The molecule has 1 nitrogen and oxygen atoms in total. The number of rotatable bonds is 15. The second kappa shape index (κ2) is 15.4. The van der Waals surface area contributed by atoms with Crippen molar-refractivity contribution in [3.05, 3.63) is 0 Å². The maximum atomic E-state index is 3.75. The predicted octanol–water partition coefficient (Wildman–Crippen LogP) is 6.32. The van der Waals surface area contributed by atoms with Gasteiger partial charge in [0.15, 0.2) is 0 Å². The van der Waals surface area contributed by atoms with Crippen LogP contribution >= 0.6 is 0 Å². The van der Waals surface area contributed by atoms with E-state index in [2.05, 4.69) is 33.0 Å². The van der Waals surface area contributed by atoms with Crippen LogP contribution < -0.4 is 5.32 Å². The molecule has 0 bridgehead atoms. The van der Waals surface area contributed by atoms with Gasteiger partial charge in [-0.15, -0.1) is 0 Å². The minimum atomic E-state index is 0.754. The van der Waals surface area contributed by atoms with Gasteiger partial charge in [0.1, 0.15) is 0 Å². The van der Waals surface area contributed by atoms with Crippen molar-refractivity contribution < 1.29 is 0 Å². The van der Waals surface area contributed by atoms with Crippen LogP contribution in [0.2, 0.25) is 0 Å². The highest BCUT2D eigenvalue weighted by Gasteiger charge is 2.13. The maximum Gasteiger partial charge on any atom is 0.00925 e. The highest BCUT2D eigenvalue weighted by molar-refractivity contribution is 4.72. The Balaban J connectivity index is 3.48. The van der Waals surface area contributed by atoms with Gasteiger partial charge < -0.3 is 5.32 Å². The van der Waals surface area contributed by atoms with Crippen LogP contribution in [-0.4, -0.2) is 12.6 Å². The minimum Gasteiger partial charge on any atom is -0.314 e. The summed E-state index contributed by atoms with van der Waals surface area (Å²) in [6.45, 7) is 10.5. The largest absolute Gasteiger partial charge is 0.314 e. The lowest BCUT2D eigenvalue weighted by Crippen LogP contribution is -2.35. The third kappa shape index (κ3) is 11.8. The zero-order valence-electron chi connectivity index (χ0n) is 14.8. The summed E-state index contributed by atoms with van der Waals surface area (Å²) in [5, 5.41) is 3.75. The Kier molecular flexibility index (Phi) is 15.3. The molecule has 0 aromatic rings. The van der Waals surface area contributed by atoms with Crippen LogP contribution in [0.1, 0.15) is 105 Å². The van der Waals surface area contributed by atoms with E-state index in [0.717, 1.165) is 12.0 Å². The van der Waals surface area contributed by atoms with Gasteiger partial charge in [-0.1, -0.05) is 91.9 Å². The first-order valence-corrected chi connectivity index (χ1v) is 9.49. The second-order valence-corrected chi connectivity index (χ2v) is 6.56. The van der Waals surface area contributed by atoms with E-state index in [1.54, 1.807) is 0 Å². The van der Waals surface area contributed by atoms with Crippen LogP contribution in [0.15, 0.2) is 0 Å². The molecule has 0 spiro atoms. The molecule has 20 heavy (non-hydrogen) atoms. The van der Waals surface area contributed by atoms with Gasteiger partial charge >= 0.3 is 0 Å². The Hall–Kier alpha value is -0.0400. The van der Waals surface area contributed by atoms with E-state index in [4.69, 9.17) is 0 Å². The molecule has 0 heterocycles. The maximum absolute atomic E-state index is 3.75. The molecule has 0 saturated carbocycles. The summed E-state index contributed by atoms with van der Waals surface area (Å²) >= 11 is 0. The molecule has 0 aliphatic heterocycles. The monoisotopic (exact) mass is 283 g/mol. The minimum absolute atomic E-state index is 0.754. The second-order valence-electron chi connectivity index (χ2n) is 6.56. The molecule has 2 unspecified atom stereocenters. The van der Waals surface area contributed by atoms with Crippen LogP contribution in [0.5, 0.6) is 0 Å². The molecular weight excluding hydrogens is 242 g/mol. The molecule has 0 aromatic heterocycles. The van der Waals surface area contributed by atoms with Crippen LogP contribution in [0.25, 0.3) is 0 Å². The van der Waals surface area contributed by atoms with E-state index in [-0.39, 0.29) is 0 Å². The molecule has 1 N–H and O–H groups in total. The first kappa shape index (κ1) is 20.0. The van der Waals surface area contributed by atoms with E-state index in [1.165, 1.54) is 83.6 Å². The zero-order chi connectivity index (χ0) is 15.1. The lowest BCUT2D eigenvalue weighted by molar-refractivity contribution is 0.337. The molecule has 0 rings (SSSR count). The summed E-state index contributed by atoms with van der Waals surface area (Å²) in [6.07, 6.45) is 16.9. The van der Waals surface area contributed by atoms with Crippen LogP contribution in [0.3, 0.4) is 0 Å². The first-order valence-electron chi connectivity index (χ1n) is 9.49. The number of unbranched alkanes of at least 4 members (excludes halogenated alkanes) is 8. The van der Waals surface area contributed by atoms with Crippen LogP contribution in [-0.2, 0) is 0 Å². The molecule has 0 aliphatic carbocycles. The number of nitrogens with one attached hydrogen (secondary N) is 1. The summed E-state index contributed by atoms with van der Waals surface area (Å²) in [4.78, 5) is 0. The Bertz CT molecular complexity index is 179. The fourth-order valence-corrected chi connectivity index (χ4v) is 2.88. The van der Waals surface area contributed by atoms with Crippen molar-refractivity contribution in [2.75, 3.05) is 6.54 Å². The van der Waals surface area contributed by atoms with Gasteiger partial charge in [-0.2, -0.15) is 0 Å². The van der Waals surface area contributed by atoms with E-state index in [0.29, 0.717) is 0 Å². The van der Waals surface area contributed by atoms with Crippen molar-refractivity contribution in [2.24, 2.45) is 5.92 Å². The summed E-state index contributed by atoms with van der Waals surface area (Å²) in [5.41, 5.74) is 0. The highest BCUT2D eigenvalue weighted by Crippen LogP contribution is 2.16. The molecule has 0 fully saturated rings. The van der Waals surface area contributed by atoms with Crippen molar-refractivity contribution >= 4 is 0 Å². The Labute approximate surface area is 129 Å². The Morgan fingerprint density at radius 1 is 0.700 bits per heavy atom. The zero-order valence-corrected chi connectivity index (χ0v) is 14.8. The Morgan fingerprint density at radius 2 is 1.25 bits per heavy atom. The molecule has 122 valence electrons. The molecular formula is C19H41N. The molecule has 0 radical (unpaired) electrons. The van der Waals surface area contributed by atoms with Gasteiger partial charge in [-0.05, 0) is 25.3 Å². The van der Waals surface area contributed by atoms with Gasteiger partial charge in [0.25, 0.3) is 0 Å². The third-order valence-electron chi connectivity index (χ3n) is 4.61. The summed E-state index contributed by atoms with van der Waals surface area (Å²) in [6, 6.07) is 0.754. The quantitative estimate of drug-likeness (QED) is 0.347. The average molecular weight is 284 g/mol. The van der Waals surface area contributed by atoms with Gasteiger partial charge in [-0.25, -0.2) is 0 Å². The summed E-state index contributed by atoms with van der Waals surface area (Å²) in [7, 11) is 0. The average Bonchev–Trinajstić information content (AvgIpc) is 2.47. The highest BCUT2D eigenvalue weighted by atomic mass is 14.9. The Morgan fingerprint density at radius 3 is 1.75 bits per heavy atom. The van der Waals surface area contributed by atoms with Gasteiger partial charge in [0.05, 0.1) is 0 Å². The lowest BCUT2D eigenvalue weighted by Gasteiger charge is -2.24. The van der Waals surface area contributed by atoms with E-state index >= 15 is 0 Å². The van der Waals surface area contributed by atoms with Gasteiger partial charge in [0.2, 0.25) is 0 Å². The topological polar surface area (TPSA) is 12.0 Å². The standard InChI is InChI=1S/C19H41N/c1-5-8-9-10-11-12-13-14-15-16-19(18(4)7-3)20-17-6-2/h18-20H,5-17H2,1-4H3. The number of hydrogen-bond donors (Lipinski definition) is 1. The summed E-state index contributed by atoms with van der Waals surface area (Å²) in [5.74, 6) is 0.829. The van der Waals surface area contributed by atoms with Crippen molar-refractivity contribution in [1.29, 1.82) is 0 Å². The molecule has 0 saturated heterocycles. The molecule has 1 heteroatoms. The van der Waals surface area contributed by atoms with E-state index in [9.17, 15) is 0 Å². The SMILES string of the molecule is CCCCCCCCCCCC(NCCC)C(C)CC.